The molecule has 1 amide bonds. The molecule has 1 N–H and O–H groups in total. The number of benzene rings is 1. The summed E-state index contributed by atoms with van der Waals surface area (Å²) >= 11 is 0. The molecule has 0 spiro atoms. The lowest BCUT2D eigenvalue weighted by Crippen LogP contribution is -2.53. The molecule has 1 aromatic carbocycles. The minimum Gasteiger partial charge on any atom is -0.370 e. The second kappa shape index (κ2) is 6.95. The average Bonchev–Trinajstić information content (AvgIpc) is 2.57. The van der Waals surface area contributed by atoms with Gasteiger partial charge in [0.2, 0.25) is 5.91 Å². The first-order valence-electron chi connectivity index (χ1n) is 9.79. The van der Waals surface area contributed by atoms with Gasteiger partial charge in [-0.2, -0.15) is 0 Å². The maximum Gasteiger partial charge on any atom is 0.244 e. The van der Waals surface area contributed by atoms with E-state index in [-0.39, 0.29) is 17.6 Å². The minimum absolute atomic E-state index is 0.0511. The van der Waals surface area contributed by atoms with E-state index in [4.69, 9.17) is 4.74 Å². The predicted octanol–water partition coefficient (Wildman–Crippen LogP) is 4.19. The van der Waals surface area contributed by atoms with Gasteiger partial charge in [0, 0.05) is 12.6 Å². The van der Waals surface area contributed by atoms with Crippen LogP contribution in [0.3, 0.4) is 0 Å². The number of amides is 1. The normalized spacial score (nSPS) is 34.4. The zero-order chi connectivity index (χ0) is 17.3. The maximum absolute atomic E-state index is 12.0. The molecule has 4 fully saturated rings. The number of rotatable bonds is 6. The van der Waals surface area contributed by atoms with Gasteiger partial charge in [0.1, 0.15) is 0 Å². The molecule has 0 heterocycles. The van der Waals surface area contributed by atoms with Gasteiger partial charge in [-0.25, -0.2) is 0 Å². The van der Waals surface area contributed by atoms with Crippen LogP contribution in [0, 0.1) is 17.8 Å². The minimum atomic E-state index is -0.0511. The Hall–Kier alpha value is -1.61. The molecule has 0 aliphatic heterocycles. The molecule has 4 saturated carbocycles. The molecule has 0 radical (unpaired) electrons. The van der Waals surface area contributed by atoms with Crippen molar-refractivity contribution in [3.8, 4) is 0 Å². The fraction of sp³-hybridized carbons (Fsp3) is 0.591. The van der Waals surface area contributed by atoms with Crippen molar-refractivity contribution in [1.29, 1.82) is 0 Å². The lowest BCUT2D eigenvalue weighted by molar-refractivity contribution is -0.183. The van der Waals surface area contributed by atoms with Gasteiger partial charge in [-0.3, -0.25) is 4.79 Å². The highest BCUT2D eigenvalue weighted by Gasteiger charge is 2.52. The van der Waals surface area contributed by atoms with Crippen LogP contribution in [-0.4, -0.2) is 24.2 Å². The first-order valence-corrected chi connectivity index (χ1v) is 9.79. The van der Waals surface area contributed by atoms with Crippen molar-refractivity contribution in [2.75, 3.05) is 6.54 Å². The topological polar surface area (TPSA) is 38.3 Å². The first-order chi connectivity index (χ1) is 12.1. The van der Waals surface area contributed by atoms with Crippen LogP contribution in [0.5, 0.6) is 0 Å². The summed E-state index contributed by atoms with van der Waals surface area (Å²) in [5.74, 6) is 2.62. The predicted molar refractivity (Wildman–Crippen MR) is 99.9 cm³/mol. The van der Waals surface area contributed by atoms with Crippen molar-refractivity contribution in [2.24, 2.45) is 17.8 Å². The molecule has 3 heteroatoms. The summed E-state index contributed by atoms with van der Waals surface area (Å²) in [6.45, 7) is 2.68. The third-order valence-corrected chi connectivity index (χ3v) is 6.22. The zero-order valence-corrected chi connectivity index (χ0v) is 15.1. The van der Waals surface area contributed by atoms with E-state index in [1.165, 1.54) is 38.5 Å². The molecular formula is C22H29NO2. The molecule has 1 aromatic rings. The number of nitrogens with one attached hydrogen (secondary N) is 1. The SMILES string of the molecule is CC(CNC(=O)/C=C/c1ccccc1)OC12CC3CC(CC(C3)C1)C2. The van der Waals surface area contributed by atoms with E-state index in [0.717, 1.165) is 23.3 Å². The molecule has 0 aromatic heterocycles. The largest absolute Gasteiger partial charge is 0.370 e. The number of ether oxygens (including phenoxy) is 1. The van der Waals surface area contributed by atoms with E-state index in [1.807, 2.05) is 36.4 Å². The van der Waals surface area contributed by atoms with Gasteiger partial charge < -0.3 is 10.1 Å². The molecule has 5 rings (SSSR count). The Balaban J connectivity index is 1.26. The van der Waals surface area contributed by atoms with Gasteiger partial charge in [0.05, 0.1) is 11.7 Å². The molecule has 25 heavy (non-hydrogen) atoms. The van der Waals surface area contributed by atoms with Crippen molar-refractivity contribution in [1.82, 2.24) is 5.32 Å². The summed E-state index contributed by atoms with van der Waals surface area (Å²) in [6, 6.07) is 9.89. The van der Waals surface area contributed by atoms with Crippen LogP contribution in [0.4, 0.5) is 0 Å². The summed E-state index contributed by atoms with van der Waals surface area (Å²) in [6.07, 6.45) is 11.5. The highest BCUT2D eigenvalue weighted by molar-refractivity contribution is 5.91. The Labute approximate surface area is 150 Å². The van der Waals surface area contributed by atoms with Crippen molar-refractivity contribution in [3.05, 3.63) is 42.0 Å². The number of hydrogen-bond donors (Lipinski definition) is 1. The fourth-order valence-corrected chi connectivity index (χ4v) is 5.68. The van der Waals surface area contributed by atoms with Crippen LogP contribution in [0.1, 0.15) is 51.0 Å². The number of carbonyl (C=O) groups is 1. The van der Waals surface area contributed by atoms with E-state index in [2.05, 4.69) is 12.2 Å². The summed E-state index contributed by atoms with van der Waals surface area (Å²) in [5, 5.41) is 2.98. The Morgan fingerprint density at radius 3 is 2.36 bits per heavy atom. The van der Waals surface area contributed by atoms with E-state index in [1.54, 1.807) is 6.08 Å². The standard InChI is InChI=1S/C22H29NO2/c1-16(15-23-21(24)8-7-17-5-3-2-4-6-17)25-22-12-18-9-19(13-22)11-20(10-18)14-22/h2-8,16,18-20H,9-15H2,1H3,(H,23,24)/b8-7+. The van der Waals surface area contributed by atoms with Crippen LogP contribution < -0.4 is 5.32 Å². The van der Waals surface area contributed by atoms with Crippen LogP contribution in [0.15, 0.2) is 36.4 Å². The van der Waals surface area contributed by atoms with Crippen molar-refractivity contribution < 1.29 is 9.53 Å². The molecule has 134 valence electrons. The molecule has 0 saturated heterocycles. The van der Waals surface area contributed by atoms with Gasteiger partial charge in [0.15, 0.2) is 0 Å². The molecular weight excluding hydrogens is 310 g/mol. The lowest BCUT2D eigenvalue weighted by atomic mass is 9.54. The molecule has 4 aliphatic rings. The van der Waals surface area contributed by atoms with Crippen LogP contribution in [0.25, 0.3) is 6.08 Å². The number of hydrogen-bond acceptors (Lipinski definition) is 2. The Kier molecular flexibility index (Phi) is 4.68. The smallest absolute Gasteiger partial charge is 0.244 e. The summed E-state index contributed by atoms with van der Waals surface area (Å²) < 4.78 is 6.52. The van der Waals surface area contributed by atoms with Crippen LogP contribution in [-0.2, 0) is 9.53 Å². The van der Waals surface area contributed by atoms with Crippen molar-refractivity contribution >= 4 is 12.0 Å². The van der Waals surface area contributed by atoms with E-state index < -0.39 is 0 Å². The van der Waals surface area contributed by atoms with Gasteiger partial charge >= 0.3 is 0 Å². The van der Waals surface area contributed by atoms with Gasteiger partial charge in [0.25, 0.3) is 0 Å². The van der Waals surface area contributed by atoms with Gasteiger partial charge in [-0.1, -0.05) is 30.3 Å². The molecule has 4 aliphatic carbocycles. The quantitative estimate of drug-likeness (QED) is 0.789. The van der Waals surface area contributed by atoms with E-state index >= 15 is 0 Å². The average molecular weight is 339 g/mol. The fourth-order valence-electron chi connectivity index (χ4n) is 5.68. The number of carbonyl (C=O) groups excluding carboxylic acids is 1. The zero-order valence-electron chi connectivity index (χ0n) is 15.1. The van der Waals surface area contributed by atoms with Gasteiger partial charge in [-0.05, 0) is 74.8 Å². The summed E-state index contributed by atoms with van der Waals surface area (Å²) in [4.78, 5) is 12.0. The van der Waals surface area contributed by atoms with E-state index in [0.29, 0.717) is 6.54 Å². The Morgan fingerprint density at radius 1 is 1.16 bits per heavy atom. The molecule has 3 nitrogen and oxygen atoms in total. The molecule has 4 bridgehead atoms. The summed E-state index contributed by atoms with van der Waals surface area (Å²) in [7, 11) is 0. The maximum atomic E-state index is 12.0. The third kappa shape index (κ3) is 3.98. The molecule has 1 unspecified atom stereocenters. The van der Waals surface area contributed by atoms with Crippen LogP contribution >= 0.6 is 0 Å². The highest BCUT2D eigenvalue weighted by atomic mass is 16.5. The highest BCUT2D eigenvalue weighted by Crippen LogP contribution is 2.57. The second-order valence-electron chi connectivity index (χ2n) is 8.52. The Bertz CT molecular complexity index is 601. The van der Waals surface area contributed by atoms with Gasteiger partial charge in [-0.15, -0.1) is 0 Å². The Morgan fingerprint density at radius 2 is 1.76 bits per heavy atom. The van der Waals surface area contributed by atoms with Crippen LogP contribution in [0.2, 0.25) is 0 Å². The lowest BCUT2D eigenvalue weighted by Gasteiger charge is -2.57. The van der Waals surface area contributed by atoms with E-state index in [9.17, 15) is 4.79 Å². The monoisotopic (exact) mass is 339 g/mol. The third-order valence-electron chi connectivity index (χ3n) is 6.22. The van der Waals surface area contributed by atoms with Crippen molar-refractivity contribution in [2.45, 2.75) is 57.2 Å². The second-order valence-corrected chi connectivity index (χ2v) is 8.52. The summed E-state index contributed by atoms with van der Waals surface area (Å²) in [5.41, 5.74) is 1.15. The molecule has 1 atom stereocenters. The van der Waals surface area contributed by atoms with Crippen molar-refractivity contribution in [3.63, 3.8) is 0 Å². The first kappa shape index (κ1) is 16.8.